The van der Waals surface area contributed by atoms with Crippen LogP contribution in [0.1, 0.15) is 25.8 Å². The average Bonchev–Trinajstić information content (AvgIpc) is 2.20. The molecule has 0 aliphatic carbocycles. The van der Waals surface area contributed by atoms with E-state index in [9.17, 15) is 0 Å². The minimum absolute atomic E-state index is 0.208. The lowest BCUT2D eigenvalue weighted by Gasteiger charge is -2.08. The summed E-state index contributed by atoms with van der Waals surface area (Å²) in [7, 11) is 0. The first-order valence-corrected chi connectivity index (χ1v) is 5.18. The van der Waals surface area contributed by atoms with Crippen LogP contribution >= 0.6 is 0 Å². The first-order chi connectivity index (χ1) is 7.22. The van der Waals surface area contributed by atoms with Crippen molar-refractivity contribution in [2.24, 2.45) is 5.73 Å². The molecule has 0 spiro atoms. The van der Waals surface area contributed by atoms with E-state index in [2.05, 4.69) is 11.8 Å². The maximum Gasteiger partial charge on any atom is 0.119 e. The molecule has 2 nitrogen and oxygen atoms in total. The Morgan fingerprint density at radius 3 is 2.47 bits per heavy atom. The van der Waals surface area contributed by atoms with Crippen molar-refractivity contribution in [1.29, 1.82) is 0 Å². The highest BCUT2D eigenvalue weighted by molar-refractivity contribution is 5.38. The van der Waals surface area contributed by atoms with Crippen LogP contribution in [0.3, 0.4) is 0 Å². The number of nitrogens with two attached hydrogens (primary N) is 1. The van der Waals surface area contributed by atoms with E-state index < -0.39 is 0 Å². The Morgan fingerprint density at radius 2 is 1.93 bits per heavy atom. The van der Waals surface area contributed by atoms with Gasteiger partial charge in [-0.25, -0.2) is 0 Å². The number of benzene rings is 1. The van der Waals surface area contributed by atoms with Crippen LogP contribution < -0.4 is 10.5 Å². The van der Waals surface area contributed by atoms with E-state index in [1.807, 2.05) is 38.1 Å². The van der Waals surface area contributed by atoms with E-state index in [0.29, 0.717) is 6.54 Å². The van der Waals surface area contributed by atoms with Crippen LogP contribution in [-0.2, 0) is 0 Å². The minimum Gasteiger partial charge on any atom is -0.491 e. The zero-order valence-electron chi connectivity index (χ0n) is 9.29. The second-order valence-electron chi connectivity index (χ2n) is 3.53. The molecular formula is C13H17NO. The largest absolute Gasteiger partial charge is 0.491 e. The molecule has 80 valence electrons. The Labute approximate surface area is 91.4 Å². The van der Waals surface area contributed by atoms with Gasteiger partial charge in [0.25, 0.3) is 0 Å². The molecule has 2 heteroatoms. The normalized spacial score (nSPS) is 9.60. The summed E-state index contributed by atoms with van der Waals surface area (Å²) in [6.07, 6.45) is 0.948. The van der Waals surface area contributed by atoms with Crippen molar-refractivity contribution in [2.45, 2.75) is 26.4 Å². The molecule has 0 amide bonds. The summed E-state index contributed by atoms with van der Waals surface area (Å²) in [4.78, 5) is 0. The van der Waals surface area contributed by atoms with E-state index in [0.717, 1.165) is 17.7 Å². The van der Waals surface area contributed by atoms with Gasteiger partial charge in [0.1, 0.15) is 5.75 Å². The topological polar surface area (TPSA) is 35.2 Å². The van der Waals surface area contributed by atoms with Gasteiger partial charge in [-0.2, -0.15) is 0 Å². The quantitative estimate of drug-likeness (QED) is 0.764. The summed E-state index contributed by atoms with van der Waals surface area (Å²) in [6, 6.07) is 7.79. The molecule has 0 fully saturated rings. The number of rotatable bonds is 3. The van der Waals surface area contributed by atoms with Gasteiger partial charge in [-0.05, 0) is 38.1 Å². The number of hydrogen-bond acceptors (Lipinski definition) is 2. The Kier molecular flexibility index (Phi) is 4.73. The van der Waals surface area contributed by atoms with Crippen LogP contribution in [0.5, 0.6) is 5.75 Å². The predicted octanol–water partition coefficient (Wildman–Crippen LogP) is 2.17. The van der Waals surface area contributed by atoms with Gasteiger partial charge in [0, 0.05) is 18.5 Å². The van der Waals surface area contributed by atoms with E-state index in [-0.39, 0.29) is 6.10 Å². The molecule has 1 aromatic carbocycles. The average molecular weight is 203 g/mol. The van der Waals surface area contributed by atoms with Crippen molar-refractivity contribution in [3.05, 3.63) is 29.8 Å². The molecule has 0 aromatic heterocycles. The third-order valence-corrected chi connectivity index (χ3v) is 1.73. The summed E-state index contributed by atoms with van der Waals surface area (Å²) in [5.74, 6) is 6.92. The molecule has 0 aliphatic heterocycles. The highest BCUT2D eigenvalue weighted by atomic mass is 16.5. The summed E-state index contributed by atoms with van der Waals surface area (Å²) < 4.78 is 5.53. The fourth-order valence-corrected chi connectivity index (χ4v) is 1.13. The first-order valence-electron chi connectivity index (χ1n) is 5.18. The lowest BCUT2D eigenvalue weighted by molar-refractivity contribution is 0.242. The highest BCUT2D eigenvalue weighted by Crippen LogP contribution is 2.12. The number of hydrogen-bond donors (Lipinski definition) is 1. The van der Waals surface area contributed by atoms with Gasteiger partial charge in [-0.15, -0.1) is 0 Å². The SMILES string of the molecule is CC(C)Oc1ccc(C#CCCN)cc1. The monoisotopic (exact) mass is 203 g/mol. The van der Waals surface area contributed by atoms with Crippen LogP contribution in [-0.4, -0.2) is 12.6 Å². The first kappa shape index (κ1) is 11.6. The van der Waals surface area contributed by atoms with E-state index >= 15 is 0 Å². The van der Waals surface area contributed by atoms with E-state index in [1.165, 1.54) is 0 Å². The zero-order chi connectivity index (χ0) is 11.1. The molecule has 1 aromatic rings. The van der Waals surface area contributed by atoms with E-state index in [4.69, 9.17) is 10.5 Å². The molecule has 0 saturated carbocycles. The molecule has 0 heterocycles. The van der Waals surface area contributed by atoms with Gasteiger partial charge in [-0.1, -0.05) is 11.8 Å². The molecule has 2 N–H and O–H groups in total. The van der Waals surface area contributed by atoms with Gasteiger partial charge in [0.15, 0.2) is 0 Å². The van der Waals surface area contributed by atoms with Gasteiger partial charge in [-0.3, -0.25) is 0 Å². The third kappa shape index (κ3) is 4.53. The predicted molar refractivity (Wildman–Crippen MR) is 62.8 cm³/mol. The lowest BCUT2D eigenvalue weighted by atomic mass is 10.2. The zero-order valence-corrected chi connectivity index (χ0v) is 9.29. The molecule has 0 aliphatic rings. The summed E-state index contributed by atoms with van der Waals surface area (Å²) in [5.41, 5.74) is 6.35. The Hall–Kier alpha value is -1.46. The number of ether oxygens (including phenoxy) is 1. The molecule has 0 atom stereocenters. The summed E-state index contributed by atoms with van der Waals surface area (Å²) in [6.45, 7) is 4.63. The summed E-state index contributed by atoms with van der Waals surface area (Å²) >= 11 is 0. The smallest absolute Gasteiger partial charge is 0.119 e. The van der Waals surface area contributed by atoms with Crippen molar-refractivity contribution in [3.8, 4) is 17.6 Å². The Balaban J connectivity index is 2.61. The molecule has 0 radical (unpaired) electrons. The van der Waals surface area contributed by atoms with Crippen LogP contribution in [0.25, 0.3) is 0 Å². The maximum absolute atomic E-state index is 5.53. The van der Waals surface area contributed by atoms with Crippen LogP contribution in [0.15, 0.2) is 24.3 Å². The molecule has 1 rings (SSSR count). The van der Waals surface area contributed by atoms with Crippen molar-refractivity contribution in [2.75, 3.05) is 6.54 Å². The summed E-state index contributed by atoms with van der Waals surface area (Å²) in [5, 5.41) is 0. The second kappa shape index (κ2) is 6.10. The van der Waals surface area contributed by atoms with Crippen LogP contribution in [0, 0.1) is 11.8 Å². The standard InChI is InChI=1S/C13H17NO/c1-11(2)15-13-8-6-12(7-9-13)5-3-4-10-14/h6-9,11H,4,10,14H2,1-2H3. The van der Waals surface area contributed by atoms with Gasteiger partial charge < -0.3 is 10.5 Å². The molecule has 0 unspecified atom stereocenters. The van der Waals surface area contributed by atoms with Gasteiger partial charge in [0.2, 0.25) is 0 Å². The Bertz CT molecular complexity index is 343. The second-order valence-corrected chi connectivity index (χ2v) is 3.53. The Morgan fingerprint density at radius 1 is 1.27 bits per heavy atom. The van der Waals surface area contributed by atoms with Crippen molar-refractivity contribution in [1.82, 2.24) is 0 Å². The molecule has 0 saturated heterocycles. The van der Waals surface area contributed by atoms with E-state index in [1.54, 1.807) is 0 Å². The molecule has 0 bridgehead atoms. The lowest BCUT2D eigenvalue weighted by Crippen LogP contribution is -2.05. The van der Waals surface area contributed by atoms with Crippen molar-refractivity contribution in [3.63, 3.8) is 0 Å². The highest BCUT2D eigenvalue weighted by Gasteiger charge is 1.95. The van der Waals surface area contributed by atoms with Crippen molar-refractivity contribution < 1.29 is 4.74 Å². The minimum atomic E-state index is 0.208. The fraction of sp³-hybridized carbons (Fsp3) is 0.385. The maximum atomic E-state index is 5.53. The van der Waals surface area contributed by atoms with Gasteiger partial charge in [0.05, 0.1) is 6.10 Å². The molecular weight excluding hydrogens is 186 g/mol. The third-order valence-electron chi connectivity index (χ3n) is 1.73. The van der Waals surface area contributed by atoms with Crippen LogP contribution in [0.4, 0.5) is 0 Å². The van der Waals surface area contributed by atoms with Crippen LogP contribution in [0.2, 0.25) is 0 Å². The van der Waals surface area contributed by atoms with Gasteiger partial charge >= 0.3 is 0 Å². The fourth-order valence-electron chi connectivity index (χ4n) is 1.13. The molecule has 15 heavy (non-hydrogen) atoms. The van der Waals surface area contributed by atoms with Crippen molar-refractivity contribution >= 4 is 0 Å².